The first-order chi connectivity index (χ1) is 6.63. The van der Waals surface area contributed by atoms with Crippen LogP contribution in [-0.4, -0.2) is 22.9 Å². The summed E-state index contributed by atoms with van der Waals surface area (Å²) in [4.78, 5) is 0. The summed E-state index contributed by atoms with van der Waals surface area (Å²) in [5.74, 6) is 0. The molecule has 2 heterocycles. The summed E-state index contributed by atoms with van der Waals surface area (Å²) in [7, 11) is 0. The van der Waals surface area contributed by atoms with E-state index in [1.165, 1.54) is 5.69 Å². The zero-order valence-corrected chi connectivity index (χ0v) is 9.30. The predicted molar refractivity (Wildman–Crippen MR) is 57.3 cm³/mol. The number of aryl methyl sites for hydroxylation is 2. The molecule has 0 bridgehead atoms. The molecule has 0 aromatic carbocycles. The van der Waals surface area contributed by atoms with Crippen molar-refractivity contribution in [3.63, 3.8) is 0 Å². The van der Waals surface area contributed by atoms with E-state index < -0.39 is 0 Å². The Morgan fingerprint density at radius 1 is 1.57 bits per heavy atom. The van der Waals surface area contributed by atoms with Gasteiger partial charge in [-0.05, 0) is 31.7 Å². The minimum Gasteiger partial charge on any atom is -0.316 e. The van der Waals surface area contributed by atoms with Crippen molar-refractivity contribution in [2.75, 3.05) is 13.1 Å². The van der Waals surface area contributed by atoms with Crippen LogP contribution in [0.15, 0.2) is 6.07 Å². The van der Waals surface area contributed by atoms with Crippen molar-refractivity contribution < 1.29 is 0 Å². The van der Waals surface area contributed by atoms with Crippen LogP contribution in [0.25, 0.3) is 0 Å². The molecule has 0 atom stereocenters. The van der Waals surface area contributed by atoms with Crippen molar-refractivity contribution in [2.24, 2.45) is 5.41 Å². The van der Waals surface area contributed by atoms with Crippen LogP contribution in [0, 0.1) is 12.3 Å². The largest absolute Gasteiger partial charge is 0.316 e. The van der Waals surface area contributed by atoms with E-state index in [0.29, 0.717) is 5.41 Å². The van der Waals surface area contributed by atoms with Crippen LogP contribution in [-0.2, 0) is 13.0 Å². The monoisotopic (exact) mass is 193 g/mol. The second-order valence-corrected chi connectivity index (χ2v) is 4.68. The molecule has 0 spiro atoms. The fourth-order valence-corrected chi connectivity index (χ4v) is 2.13. The fourth-order valence-electron chi connectivity index (χ4n) is 2.13. The minimum absolute atomic E-state index is 0.458. The summed E-state index contributed by atoms with van der Waals surface area (Å²) in [6, 6.07) is 2.22. The van der Waals surface area contributed by atoms with Gasteiger partial charge in [-0.3, -0.25) is 4.68 Å². The van der Waals surface area contributed by atoms with Gasteiger partial charge in [-0.15, -0.1) is 0 Å². The maximum absolute atomic E-state index is 4.47. The van der Waals surface area contributed by atoms with Crippen molar-refractivity contribution in [3.8, 4) is 0 Å². The predicted octanol–water partition coefficient (Wildman–Crippen LogP) is 1.36. The Hall–Kier alpha value is -0.830. The molecule has 1 aromatic heterocycles. The number of nitrogens with zero attached hydrogens (tertiary/aromatic N) is 2. The van der Waals surface area contributed by atoms with Gasteiger partial charge in [-0.2, -0.15) is 5.10 Å². The summed E-state index contributed by atoms with van der Waals surface area (Å²) in [5, 5.41) is 7.80. The molecule has 1 aliphatic heterocycles. The molecule has 14 heavy (non-hydrogen) atoms. The molecule has 1 aromatic rings. The Bertz CT molecular complexity index is 323. The number of aromatic nitrogens is 2. The van der Waals surface area contributed by atoms with Crippen LogP contribution in [0.4, 0.5) is 0 Å². The summed E-state index contributed by atoms with van der Waals surface area (Å²) >= 11 is 0. The number of hydrogen-bond donors (Lipinski definition) is 1. The highest BCUT2D eigenvalue weighted by Crippen LogP contribution is 2.26. The van der Waals surface area contributed by atoms with Crippen LogP contribution < -0.4 is 5.32 Å². The second kappa shape index (κ2) is 3.39. The van der Waals surface area contributed by atoms with E-state index in [1.807, 2.05) is 0 Å². The van der Waals surface area contributed by atoms with Gasteiger partial charge in [0.05, 0.1) is 5.69 Å². The maximum atomic E-state index is 4.47. The van der Waals surface area contributed by atoms with E-state index in [1.54, 1.807) is 0 Å². The van der Waals surface area contributed by atoms with E-state index in [4.69, 9.17) is 0 Å². The Morgan fingerprint density at radius 2 is 2.29 bits per heavy atom. The van der Waals surface area contributed by atoms with E-state index in [0.717, 1.165) is 31.7 Å². The van der Waals surface area contributed by atoms with Gasteiger partial charge in [-0.1, -0.05) is 6.92 Å². The van der Waals surface area contributed by atoms with Gasteiger partial charge in [0.15, 0.2) is 0 Å². The highest BCUT2D eigenvalue weighted by Gasteiger charge is 2.32. The zero-order chi connectivity index (χ0) is 10.2. The zero-order valence-electron chi connectivity index (χ0n) is 9.30. The van der Waals surface area contributed by atoms with Gasteiger partial charge in [-0.25, -0.2) is 0 Å². The van der Waals surface area contributed by atoms with Gasteiger partial charge in [0.1, 0.15) is 0 Å². The number of nitrogens with one attached hydrogen (secondary N) is 1. The molecular formula is C11H19N3. The van der Waals surface area contributed by atoms with Crippen LogP contribution in [0.1, 0.15) is 25.2 Å². The maximum Gasteiger partial charge on any atom is 0.0596 e. The van der Waals surface area contributed by atoms with E-state index in [9.17, 15) is 0 Å². The van der Waals surface area contributed by atoms with Crippen molar-refractivity contribution in [1.29, 1.82) is 0 Å². The fraction of sp³-hybridized carbons (Fsp3) is 0.727. The molecule has 0 unspecified atom stereocenters. The Kier molecular flexibility index (Phi) is 2.35. The van der Waals surface area contributed by atoms with E-state index in [2.05, 4.69) is 41.9 Å². The topological polar surface area (TPSA) is 29.9 Å². The highest BCUT2D eigenvalue weighted by molar-refractivity contribution is 5.12. The van der Waals surface area contributed by atoms with Crippen molar-refractivity contribution in [1.82, 2.24) is 15.1 Å². The van der Waals surface area contributed by atoms with Crippen molar-refractivity contribution in [3.05, 3.63) is 17.5 Å². The van der Waals surface area contributed by atoms with E-state index >= 15 is 0 Å². The average molecular weight is 193 g/mol. The molecule has 1 saturated heterocycles. The molecule has 3 nitrogen and oxygen atoms in total. The molecule has 1 fully saturated rings. The normalized spacial score (nSPS) is 19.4. The molecule has 0 amide bonds. The van der Waals surface area contributed by atoms with Gasteiger partial charge < -0.3 is 5.32 Å². The van der Waals surface area contributed by atoms with Crippen LogP contribution >= 0.6 is 0 Å². The molecule has 1 N–H and O–H groups in total. The Balaban J connectivity index is 2.14. The lowest BCUT2D eigenvalue weighted by Crippen LogP contribution is -2.52. The lowest BCUT2D eigenvalue weighted by Gasteiger charge is -2.39. The SMILES string of the molecule is CCn1nc(C)cc1CC1(C)CNC1. The van der Waals surface area contributed by atoms with Gasteiger partial charge in [0.25, 0.3) is 0 Å². The van der Waals surface area contributed by atoms with Crippen molar-refractivity contribution >= 4 is 0 Å². The highest BCUT2D eigenvalue weighted by atomic mass is 15.3. The third kappa shape index (κ3) is 1.69. The molecule has 3 heteroatoms. The molecule has 1 aliphatic rings. The number of hydrogen-bond acceptors (Lipinski definition) is 2. The summed E-state index contributed by atoms with van der Waals surface area (Å²) in [6.45, 7) is 9.81. The quantitative estimate of drug-likeness (QED) is 0.785. The first kappa shape index (κ1) is 9.71. The van der Waals surface area contributed by atoms with Gasteiger partial charge >= 0.3 is 0 Å². The third-order valence-corrected chi connectivity index (χ3v) is 3.00. The molecule has 0 aliphatic carbocycles. The average Bonchev–Trinajstić information content (AvgIpc) is 2.43. The molecule has 0 saturated carbocycles. The minimum atomic E-state index is 0.458. The Labute approximate surface area is 85.5 Å². The lowest BCUT2D eigenvalue weighted by atomic mass is 9.80. The third-order valence-electron chi connectivity index (χ3n) is 3.00. The molecule has 0 radical (unpaired) electrons. The molecule has 2 rings (SSSR count). The summed E-state index contributed by atoms with van der Waals surface area (Å²) in [6.07, 6.45) is 1.15. The smallest absolute Gasteiger partial charge is 0.0596 e. The van der Waals surface area contributed by atoms with Crippen molar-refractivity contribution in [2.45, 2.75) is 33.7 Å². The summed E-state index contributed by atoms with van der Waals surface area (Å²) in [5.41, 5.74) is 2.98. The van der Waals surface area contributed by atoms with Crippen LogP contribution in [0.2, 0.25) is 0 Å². The molecule has 78 valence electrons. The Morgan fingerprint density at radius 3 is 2.79 bits per heavy atom. The lowest BCUT2D eigenvalue weighted by molar-refractivity contribution is 0.191. The number of rotatable bonds is 3. The second-order valence-electron chi connectivity index (χ2n) is 4.68. The van der Waals surface area contributed by atoms with Crippen LogP contribution in [0.3, 0.4) is 0 Å². The van der Waals surface area contributed by atoms with E-state index in [-0.39, 0.29) is 0 Å². The van der Waals surface area contributed by atoms with Crippen LogP contribution in [0.5, 0.6) is 0 Å². The first-order valence-electron chi connectivity index (χ1n) is 5.37. The molecular weight excluding hydrogens is 174 g/mol. The van der Waals surface area contributed by atoms with Gasteiger partial charge in [0.2, 0.25) is 0 Å². The first-order valence-corrected chi connectivity index (χ1v) is 5.37. The van der Waals surface area contributed by atoms with Gasteiger partial charge in [0, 0.05) is 25.3 Å². The standard InChI is InChI=1S/C11H19N3/c1-4-14-10(5-9(2)13-14)6-11(3)7-12-8-11/h5,12H,4,6-8H2,1-3H3. The summed E-state index contributed by atoms with van der Waals surface area (Å²) < 4.78 is 2.12.